The zero-order valence-electron chi connectivity index (χ0n) is 20.1. The first kappa shape index (κ1) is 35.4. The van der Waals surface area contributed by atoms with E-state index < -0.39 is 23.9 Å². The molecular formula is C24H46O9. The highest BCUT2D eigenvalue weighted by Gasteiger charge is 1.99. The summed E-state index contributed by atoms with van der Waals surface area (Å²) < 4.78 is 0. The molecule has 0 aromatic rings. The van der Waals surface area contributed by atoms with E-state index in [2.05, 4.69) is 0 Å². The standard InChI is InChI=1S/2C12H22O4.H2O/c2*13-11(14)9-7-5-3-1-2-4-6-8-10-12(15)16;/h2*1-10H2,(H,13,14)(H,15,16);1H2. The van der Waals surface area contributed by atoms with Crippen LogP contribution in [0.2, 0.25) is 0 Å². The van der Waals surface area contributed by atoms with Crippen molar-refractivity contribution in [3.63, 3.8) is 0 Å². The van der Waals surface area contributed by atoms with E-state index in [1.807, 2.05) is 0 Å². The Labute approximate surface area is 197 Å². The normalized spacial score (nSPS) is 9.94. The van der Waals surface area contributed by atoms with Crippen LogP contribution in [0, 0.1) is 0 Å². The van der Waals surface area contributed by atoms with E-state index in [1.54, 1.807) is 0 Å². The molecule has 33 heavy (non-hydrogen) atoms. The molecule has 6 N–H and O–H groups in total. The molecule has 0 unspecified atom stereocenters. The van der Waals surface area contributed by atoms with Crippen LogP contribution in [0.25, 0.3) is 0 Å². The van der Waals surface area contributed by atoms with Gasteiger partial charge in [0.1, 0.15) is 0 Å². The Balaban J connectivity index is -0.000000529. The fraction of sp³-hybridized carbons (Fsp3) is 0.833. The summed E-state index contributed by atoms with van der Waals surface area (Å²) in [5, 5.41) is 33.6. The lowest BCUT2D eigenvalue weighted by Gasteiger charge is -2.00. The summed E-state index contributed by atoms with van der Waals surface area (Å²) in [6.07, 6.45) is 17.0. The second-order valence-corrected chi connectivity index (χ2v) is 8.23. The molecule has 0 heterocycles. The van der Waals surface area contributed by atoms with E-state index in [0.717, 1.165) is 103 Å². The molecule has 196 valence electrons. The van der Waals surface area contributed by atoms with Crippen molar-refractivity contribution < 1.29 is 45.1 Å². The maximum Gasteiger partial charge on any atom is 0.303 e. The van der Waals surface area contributed by atoms with Crippen LogP contribution in [0.1, 0.15) is 128 Å². The molecule has 0 aliphatic heterocycles. The fourth-order valence-electron chi connectivity index (χ4n) is 3.23. The molecule has 0 aliphatic carbocycles. The highest BCUT2D eigenvalue weighted by atomic mass is 16.4. The Kier molecular flexibility index (Phi) is 29.9. The van der Waals surface area contributed by atoms with Gasteiger partial charge in [-0.15, -0.1) is 0 Å². The maximum absolute atomic E-state index is 10.2. The van der Waals surface area contributed by atoms with Gasteiger partial charge in [-0.25, -0.2) is 0 Å². The third kappa shape index (κ3) is 40.7. The zero-order valence-corrected chi connectivity index (χ0v) is 20.1. The lowest BCUT2D eigenvalue weighted by atomic mass is 10.1. The number of carboxylic acid groups (broad SMARTS) is 4. The van der Waals surface area contributed by atoms with E-state index in [9.17, 15) is 19.2 Å². The molecule has 0 bridgehead atoms. The summed E-state index contributed by atoms with van der Waals surface area (Å²) >= 11 is 0. The largest absolute Gasteiger partial charge is 0.481 e. The highest BCUT2D eigenvalue weighted by Crippen LogP contribution is 2.11. The molecule has 0 atom stereocenters. The molecule has 9 nitrogen and oxygen atoms in total. The van der Waals surface area contributed by atoms with Crippen LogP contribution >= 0.6 is 0 Å². The Morgan fingerprint density at radius 1 is 0.303 bits per heavy atom. The number of hydrogen-bond donors (Lipinski definition) is 4. The lowest BCUT2D eigenvalue weighted by Crippen LogP contribution is -1.94. The molecule has 0 spiro atoms. The van der Waals surface area contributed by atoms with Crippen LogP contribution in [-0.4, -0.2) is 49.8 Å². The van der Waals surface area contributed by atoms with Gasteiger partial charge < -0.3 is 25.9 Å². The molecule has 0 fully saturated rings. The van der Waals surface area contributed by atoms with Crippen molar-refractivity contribution >= 4 is 23.9 Å². The van der Waals surface area contributed by atoms with Gasteiger partial charge in [-0.2, -0.15) is 0 Å². The number of rotatable bonds is 22. The minimum Gasteiger partial charge on any atom is -0.481 e. The minimum atomic E-state index is -0.714. The van der Waals surface area contributed by atoms with E-state index >= 15 is 0 Å². The number of aliphatic carboxylic acids is 4. The maximum atomic E-state index is 10.2. The topological polar surface area (TPSA) is 181 Å². The summed E-state index contributed by atoms with van der Waals surface area (Å²) in [7, 11) is 0. The number of carboxylic acids is 4. The van der Waals surface area contributed by atoms with Crippen molar-refractivity contribution in [1.29, 1.82) is 0 Å². The van der Waals surface area contributed by atoms with Gasteiger partial charge in [0.25, 0.3) is 0 Å². The molecule has 9 heteroatoms. The monoisotopic (exact) mass is 478 g/mol. The van der Waals surface area contributed by atoms with Crippen LogP contribution in [-0.2, 0) is 19.2 Å². The number of unbranched alkanes of at least 4 members (excludes halogenated alkanes) is 14. The van der Waals surface area contributed by atoms with Gasteiger partial charge in [-0.3, -0.25) is 19.2 Å². The van der Waals surface area contributed by atoms with Gasteiger partial charge in [0, 0.05) is 25.7 Å². The van der Waals surface area contributed by atoms with Crippen molar-refractivity contribution in [1.82, 2.24) is 0 Å². The zero-order chi connectivity index (χ0) is 24.5. The van der Waals surface area contributed by atoms with Crippen LogP contribution in [0.5, 0.6) is 0 Å². The highest BCUT2D eigenvalue weighted by molar-refractivity contribution is 5.67. The Bertz CT molecular complexity index is 404. The number of hydrogen-bond acceptors (Lipinski definition) is 4. The van der Waals surface area contributed by atoms with Gasteiger partial charge in [0.15, 0.2) is 0 Å². The first-order valence-corrected chi connectivity index (χ1v) is 12.1. The lowest BCUT2D eigenvalue weighted by molar-refractivity contribution is -0.138. The first-order valence-electron chi connectivity index (χ1n) is 12.1. The van der Waals surface area contributed by atoms with Gasteiger partial charge in [0.05, 0.1) is 0 Å². The molecule has 0 saturated carbocycles. The second kappa shape index (κ2) is 27.9. The summed E-state index contributed by atoms with van der Waals surface area (Å²) in [6, 6.07) is 0. The number of carbonyl (C=O) groups is 4. The third-order valence-electron chi connectivity index (χ3n) is 5.06. The van der Waals surface area contributed by atoms with Crippen molar-refractivity contribution in [2.75, 3.05) is 0 Å². The second-order valence-electron chi connectivity index (χ2n) is 8.23. The van der Waals surface area contributed by atoms with E-state index in [0.29, 0.717) is 0 Å². The van der Waals surface area contributed by atoms with Crippen LogP contribution in [0.15, 0.2) is 0 Å². The summed E-state index contributed by atoms with van der Waals surface area (Å²) in [5.74, 6) is -2.86. The van der Waals surface area contributed by atoms with Crippen molar-refractivity contribution in [3.05, 3.63) is 0 Å². The van der Waals surface area contributed by atoms with Crippen molar-refractivity contribution in [3.8, 4) is 0 Å². The molecule has 0 aromatic carbocycles. The van der Waals surface area contributed by atoms with E-state index in [1.165, 1.54) is 0 Å². The van der Waals surface area contributed by atoms with Crippen LogP contribution < -0.4 is 0 Å². The molecule has 0 rings (SSSR count). The molecule has 0 amide bonds. The molecule has 0 radical (unpaired) electrons. The average molecular weight is 479 g/mol. The minimum absolute atomic E-state index is 0. The molecule has 0 saturated heterocycles. The average Bonchev–Trinajstić information content (AvgIpc) is 2.70. The molecular weight excluding hydrogens is 432 g/mol. The van der Waals surface area contributed by atoms with Crippen molar-refractivity contribution in [2.24, 2.45) is 0 Å². The van der Waals surface area contributed by atoms with Gasteiger partial charge in [-0.1, -0.05) is 77.0 Å². The summed E-state index contributed by atoms with van der Waals surface area (Å²) in [6.45, 7) is 0. The third-order valence-corrected chi connectivity index (χ3v) is 5.06. The SMILES string of the molecule is O.O=C(O)CCCCCCCCCCC(=O)O.O=C(O)CCCCCCCCCCC(=O)O. The Morgan fingerprint density at radius 2 is 0.424 bits per heavy atom. The van der Waals surface area contributed by atoms with Crippen LogP contribution in [0.4, 0.5) is 0 Å². The molecule has 0 aliphatic rings. The summed E-state index contributed by atoms with van der Waals surface area (Å²) in [5.41, 5.74) is 0. The summed E-state index contributed by atoms with van der Waals surface area (Å²) in [4.78, 5) is 40.9. The van der Waals surface area contributed by atoms with Gasteiger partial charge in [0.2, 0.25) is 0 Å². The van der Waals surface area contributed by atoms with Crippen molar-refractivity contribution in [2.45, 2.75) is 128 Å². The van der Waals surface area contributed by atoms with Gasteiger partial charge >= 0.3 is 23.9 Å². The Morgan fingerprint density at radius 3 is 0.545 bits per heavy atom. The predicted molar refractivity (Wildman–Crippen MR) is 126 cm³/mol. The molecule has 0 aromatic heterocycles. The predicted octanol–water partition coefficient (Wildman–Crippen LogP) is 5.29. The van der Waals surface area contributed by atoms with Crippen LogP contribution in [0.3, 0.4) is 0 Å². The van der Waals surface area contributed by atoms with E-state index in [-0.39, 0.29) is 31.2 Å². The fourth-order valence-corrected chi connectivity index (χ4v) is 3.23. The van der Waals surface area contributed by atoms with Gasteiger partial charge in [-0.05, 0) is 25.7 Å². The Hall–Kier alpha value is -2.16. The first-order chi connectivity index (χ1) is 15.3. The quantitative estimate of drug-likeness (QED) is 0.151. The van der Waals surface area contributed by atoms with E-state index in [4.69, 9.17) is 20.4 Å². The smallest absolute Gasteiger partial charge is 0.303 e.